The van der Waals surface area contributed by atoms with E-state index in [0.717, 1.165) is 24.0 Å². The second kappa shape index (κ2) is 7.11. The van der Waals surface area contributed by atoms with Crippen molar-refractivity contribution in [2.75, 3.05) is 4.72 Å². The first kappa shape index (κ1) is 18.5. The first-order valence-electron chi connectivity index (χ1n) is 8.78. The van der Waals surface area contributed by atoms with Gasteiger partial charge in [-0.25, -0.2) is 8.42 Å². The van der Waals surface area contributed by atoms with Crippen LogP contribution in [0.4, 0.5) is 5.69 Å². The number of anilines is 1. The third kappa shape index (κ3) is 4.07. The van der Waals surface area contributed by atoms with Crippen molar-refractivity contribution in [3.05, 3.63) is 59.2 Å². The Morgan fingerprint density at radius 3 is 2.35 bits per heavy atom. The summed E-state index contributed by atoms with van der Waals surface area (Å²) in [6, 6.07) is 11.7. The number of sulfonamides is 1. The molecule has 0 bridgehead atoms. The third-order valence-electron chi connectivity index (χ3n) is 4.96. The van der Waals surface area contributed by atoms with Crippen LogP contribution >= 0.6 is 0 Å². The SMILES string of the molecule is Cc1cccc(NS(=O)(=O)c2ccc(C(=O)N[C@@H](C)C3CC3)cc2)c1C. The van der Waals surface area contributed by atoms with Crippen LogP contribution in [0.1, 0.15) is 41.3 Å². The lowest BCUT2D eigenvalue weighted by Gasteiger charge is -2.14. The van der Waals surface area contributed by atoms with Crippen LogP contribution in [0.25, 0.3) is 0 Å². The number of rotatable bonds is 6. The molecule has 0 aromatic heterocycles. The van der Waals surface area contributed by atoms with E-state index in [1.807, 2.05) is 32.9 Å². The van der Waals surface area contributed by atoms with Gasteiger partial charge in [0.05, 0.1) is 10.6 Å². The van der Waals surface area contributed by atoms with E-state index in [1.54, 1.807) is 18.2 Å². The maximum absolute atomic E-state index is 12.6. The lowest BCUT2D eigenvalue weighted by atomic mass is 10.1. The summed E-state index contributed by atoms with van der Waals surface area (Å²) < 4.78 is 27.8. The topological polar surface area (TPSA) is 75.3 Å². The first-order chi connectivity index (χ1) is 12.3. The predicted octanol–water partition coefficient (Wildman–Crippen LogP) is 3.63. The van der Waals surface area contributed by atoms with Gasteiger partial charge in [0.2, 0.25) is 0 Å². The van der Waals surface area contributed by atoms with Gasteiger partial charge >= 0.3 is 0 Å². The molecule has 0 radical (unpaired) electrons. The summed E-state index contributed by atoms with van der Waals surface area (Å²) in [7, 11) is -3.70. The van der Waals surface area contributed by atoms with Gasteiger partial charge in [-0.3, -0.25) is 9.52 Å². The minimum atomic E-state index is -3.70. The number of benzene rings is 2. The summed E-state index contributed by atoms with van der Waals surface area (Å²) in [5.74, 6) is 0.399. The summed E-state index contributed by atoms with van der Waals surface area (Å²) in [6.07, 6.45) is 2.31. The van der Waals surface area contributed by atoms with E-state index >= 15 is 0 Å². The third-order valence-corrected chi connectivity index (χ3v) is 6.35. The van der Waals surface area contributed by atoms with Gasteiger partial charge < -0.3 is 5.32 Å². The monoisotopic (exact) mass is 372 g/mol. The maximum atomic E-state index is 12.6. The highest BCUT2D eigenvalue weighted by atomic mass is 32.2. The Bertz CT molecular complexity index is 917. The number of carbonyl (C=O) groups is 1. The maximum Gasteiger partial charge on any atom is 0.261 e. The minimum Gasteiger partial charge on any atom is -0.349 e. The molecule has 138 valence electrons. The molecule has 0 spiro atoms. The fourth-order valence-electron chi connectivity index (χ4n) is 2.85. The van der Waals surface area contributed by atoms with Crippen LogP contribution in [0.15, 0.2) is 47.4 Å². The van der Waals surface area contributed by atoms with E-state index < -0.39 is 10.0 Å². The van der Waals surface area contributed by atoms with Crippen LogP contribution in [0.2, 0.25) is 0 Å². The Balaban J connectivity index is 1.74. The number of amides is 1. The average Bonchev–Trinajstić information content (AvgIpc) is 3.44. The van der Waals surface area contributed by atoms with Gasteiger partial charge in [-0.1, -0.05) is 12.1 Å². The molecule has 0 heterocycles. The molecule has 6 heteroatoms. The van der Waals surface area contributed by atoms with Gasteiger partial charge in [0.25, 0.3) is 15.9 Å². The zero-order chi connectivity index (χ0) is 18.9. The van der Waals surface area contributed by atoms with Gasteiger partial charge in [-0.2, -0.15) is 0 Å². The van der Waals surface area contributed by atoms with E-state index in [4.69, 9.17) is 0 Å². The fourth-order valence-corrected chi connectivity index (χ4v) is 3.98. The Kier molecular flexibility index (Phi) is 5.05. The van der Waals surface area contributed by atoms with Crippen molar-refractivity contribution in [2.45, 2.75) is 44.6 Å². The van der Waals surface area contributed by atoms with Crippen molar-refractivity contribution in [3.63, 3.8) is 0 Å². The van der Waals surface area contributed by atoms with Crippen molar-refractivity contribution in [2.24, 2.45) is 5.92 Å². The molecule has 2 aromatic rings. The lowest BCUT2D eigenvalue weighted by Crippen LogP contribution is -2.33. The Morgan fingerprint density at radius 1 is 1.08 bits per heavy atom. The van der Waals surface area contributed by atoms with Gasteiger partial charge in [0, 0.05) is 11.6 Å². The number of hydrogen-bond acceptors (Lipinski definition) is 3. The van der Waals surface area contributed by atoms with Crippen LogP contribution < -0.4 is 10.0 Å². The second-order valence-electron chi connectivity index (χ2n) is 6.98. The van der Waals surface area contributed by atoms with Crippen molar-refractivity contribution in [1.29, 1.82) is 0 Å². The number of carbonyl (C=O) groups excluding carboxylic acids is 1. The molecule has 2 aromatic carbocycles. The average molecular weight is 372 g/mol. The lowest BCUT2D eigenvalue weighted by molar-refractivity contribution is 0.0935. The number of nitrogens with one attached hydrogen (secondary N) is 2. The summed E-state index contributed by atoms with van der Waals surface area (Å²) in [5.41, 5.74) is 2.93. The van der Waals surface area contributed by atoms with Crippen molar-refractivity contribution in [3.8, 4) is 0 Å². The highest BCUT2D eigenvalue weighted by Crippen LogP contribution is 2.32. The molecule has 1 aliphatic carbocycles. The fraction of sp³-hybridized carbons (Fsp3) is 0.350. The molecule has 1 atom stereocenters. The normalized spacial score (nSPS) is 15.3. The largest absolute Gasteiger partial charge is 0.349 e. The number of aryl methyl sites for hydroxylation is 1. The molecule has 1 fully saturated rings. The highest BCUT2D eigenvalue weighted by Gasteiger charge is 2.29. The van der Waals surface area contributed by atoms with Crippen LogP contribution in [-0.4, -0.2) is 20.4 Å². The predicted molar refractivity (Wildman–Crippen MR) is 103 cm³/mol. The minimum absolute atomic E-state index is 0.130. The van der Waals surface area contributed by atoms with Gasteiger partial charge in [0.15, 0.2) is 0 Å². The van der Waals surface area contributed by atoms with E-state index in [9.17, 15) is 13.2 Å². The van der Waals surface area contributed by atoms with Crippen LogP contribution in [0.5, 0.6) is 0 Å². The van der Waals surface area contributed by atoms with Crippen molar-refractivity contribution in [1.82, 2.24) is 5.32 Å². The number of hydrogen-bond donors (Lipinski definition) is 2. The molecule has 1 aliphatic rings. The Labute approximate surface area is 154 Å². The van der Waals surface area contributed by atoms with Crippen molar-refractivity contribution >= 4 is 21.6 Å². The standard InChI is InChI=1S/C20H24N2O3S/c1-13-5-4-6-19(14(13)2)22-26(24,25)18-11-9-17(10-12-18)20(23)21-15(3)16-7-8-16/h4-6,9-12,15-16,22H,7-8H2,1-3H3,(H,21,23)/t15-/m0/s1. The summed E-state index contributed by atoms with van der Waals surface area (Å²) in [5, 5.41) is 2.97. The summed E-state index contributed by atoms with van der Waals surface area (Å²) >= 11 is 0. The molecule has 1 saturated carbocycles. The summed E-state index contributed by atoms with van der Waals surface area (Å²) in [6.45, 7) is 5.81. The Morgan fingerprint density at radius 2 is 1.73 bits per heavy atom. The van der Waals surface area contributed by atoms with E-state index in [2.05, 4.69) is 10.0 Å². The van der Waals surface area contributed by atoms with E-state index in [0.29, 0.717) is 17.2 Å². The quantitative estimate of drug-likeness (QED) is 0.813. The van der Waals surface area contributed by atoms with Gasteiger partial charge in [0.1, 0.15) is 0 Å². The zero-order valence-electron chi connectivity index (χ0n) is 15.2. The van der Waals surface area contributed by atoms with Gasteiger partial charge in [-0.15, -0.1) is 0 Å². The van der Waals surface area contributed by atoms with E-state index in [-0.39, 0.29) is 16.8 Å². The molecule has 1 amide bonds. The molecule has 0 saturated heterocycles. The molecule has 26 heavy (non-hydrogen) atoms. The second-order valence-corrected chi connectivity index (χ2v) is 8.66. The van der Waals surface area contributed by atoms with Crippen LogP contribution in [0.3, 0.4) is 0 Å². The van der Waals surface area contributed by atoms with Crippen molar-refractivity contribution < 1.29 is 13.2 Å². The van der Waals surface area contributed by atoms with Crippen LogP contribution in [0, 0.1) is 19.8 Å². The molecular formula is C20H24N2O3S. The Hall–Kier alpha value is -2.34. The zero-order valence-corrected chi connectivity index (χ0v) is 16.1. The van der Waals surface area contributed by atoms with E-state index in [1.165, 1.54) is 12.1 Å². The molecule has 0 unspecified atom stereocenters. The highest BCUT2D eigenvalue weighted by molar-refractivity contribution is 7.92. The molecule has 2 N–H and O–H groups in total. The first-order valence-corrected chi connectivity index (χ1v) is 10.3. The molecule has 3 rings (SSSR count). The molecule has 0 aliphatic heterocycles. The smallest absolute Gasteiger partial charge is 0.261 e. The van der Waals surface area contributed by atoms with Crippen LogP contribution in [-0.2, 0) is 10.0 Å². The summed E-state index contributed by atoms with van der Waals surface area (Å²) in [4.78, 5) is 12.4. The molecule has 5 nitrogen and oxygen atoms in total. The molecular weight excluding hydrogens is 348 g/mol. The van der Waals surface area contributed by atoms with Gasteiger partial charge in [-0.05, 0) is 81.0 Å².